The number of carbonyl (C=O) groups is 2. The Bertz CT molecular complexity index is 514. The largest absolute Gasteiger partial charge is 0.368 e. The average molecular weight is 273 g/mol. The normalized spacial score (nSPS) is 19.2. The number of carbonyl (C=O) groups excluding carboxylic acids is 2. The first-order chi connectivity index (χ1) is 9.75. The standard InChI is InChI=1S/C15H19N3O2/c19-14-5-6-15(20)18(14)10-9-17-8-7-16-11-12-3-1-2-4-13(12)17/h1-4,16H,5-11H2. The van der Waals surface area contributed by atoms with Crippen molar-refractivity contribution in [2.75, 3.05) is 31.1 Å². The molecular formula is C15H19N3O2. The molecule has 5 heteroatoms. The van der Waals surface area contributed by atoms with E-state index in [1.54, 1.807) is 0 Å². The fourth-order valence-electron chi connectivity index (χ4n) is 2.85. The number of hydrogen-bond acceptors (Lipinski definition) is 4. The Hall–Kier alpha value is -1.88. The minimum atomic E-state index is -0.0313. The summed E-state index contributed by atoms with van der Waals surface area (Å²) in [6.45, 7) is 3.88. The van der Waals surface area contributed by atoms with Crippen LogP contribution in [0, 0.1) is 0 Å². The van der Waals surface area contributed by atoms with Gasteiger partial charge in [-0.2, -0.15) is 0 Å². The molecule has 0 spiro atoms. The molecule has 0 aliphatic carbocycles. The summed E-state index contributed by atoms with van der Waals surface area (Å²) in [6, 6.07) is 8.30. The smallest absolute Gasteiger partial charge is 0.229 e. The SMILES string of the molecule is O=C1CCC(=O)N1CCN1CCNCc2ccccc21. The van der Waals surface area contributed by atoms with E-state index in [0.717, 1.165) is 19.6 Å². The first kappa shape index (κ1) is 13.1. The van der Waals surface area contributed by atoms with Crippen molar-refractivity contribution in [2.24, 2.45) is 0 Å². The van der Waals surface area contributed by atoms with Crippen LogP contribution in [0.15, 0.2) is 24.3 Å². The topological polar surface area (TPSA) is 52.7 Å². The number of nitrogens with one attached hydrogen (secondary N) is 1. The highest BCUT2D eigenvalue weighted by atomic mass is 16.2. The number of anilines is 1. The third-order valence-electron chi connectivity index (χ3n) is 3.95. The van der Waals surface area contributed by atoms with Gasteiger partial charge in [0.1, 0.15) is 0 Å². The van der Waals surface area contributed by atoms with Crippen LogP contribution in [-0.4, -0.2) is 42.9 Å². The van der Waals surface area contributed by atoms with E-state index in [0.29, 0.717) is 25.9 Å². The van der Waals surface area contributed by atoms with Gasteiger partial charge in [0.15, 0.2) is 0 Å². The number of amides is 2. The Morgan fingerprint density at radius 1 is 1.05 bits per heavy atom. The zero-order chi connectivity index (χ0) is 13.9. The molecule has 3 rings (SSSR count). The molecule has 2 heterocycles. The fraction of sp³-hybridized carbons (Fsp3) is 0.467. The quantitative estimate of drug-likeness (QED) is 0.826. The second-order valence-corrected chi connectivity index (χ2v) is 5.23. The maximum atomic E-state index is 11.6. The summed E-state index contributed by atoms with van der Waals surface area (Å²) in [4.78, 5) is 27.0. The molecule has 1 N–H and O–H groups in total. The first-order valence-electron chi connectivity index (χ1n) is 7.12. The zero-order valence-corrected chi connectivity index (χ0v) is 11.5. The van der Waals surface area contributed by atoms with Crippen molar-refractivity contribution in [3.05, 3.63) is 29.8 Å². The molecule has 0 unspecified atom stereocenters. The van der Waals surface area contributed by atoms with Gasteiger partial charge in [0.2, 0.25) is 11.8 Å². The molecule has 1 fully saturated rings. The molecule has 2 aliphatic rings. The summed E-state index contributed by atoms with van der Waals surface area (Å²) >= 11 is 0. The van der Waals surface area contributed by atoms with E-state index in [-0.39, 0.29) is 11.8 Å². The van der Waals surface area contributed by atoms with Crippen LogP contribution in [0.2, 0.25) is 0 Å². The molecule has 2 aliphatic heterocycles. The van der Waals surface area contributed by atoms with Crippen LogP contribution in [0.1, 0.15) is 18.4 Å². The molecule has 1 aromatic rings. The lowest BCUT2D eigenvalue weighted by Gasteiger charge is -2.26. The maximum absolute atomic E-state index is 11.6. The van der Waals surface area contributed by atoms with E-state index in [9.17, 15) is 9.59 Å². The predicted molar refractivity (Wildman–Crippen MR) is 76.3 cm³/mol. The Morgan fingerprint density at radius 2 is 1.80 bits per heavy atom. The minimum absolute atomic E-state index is 0.0313. The fourth-order valence-corrected chi connectivity index (χ4v) is 2.85. The molecule has 1 aromatic carbocycles. The lowest BCUT2D eigenvalue weighted by atomic mass is 10.1. The molecule has 0 atom stereocenters. The first-order valence-corrected chi connectivity index (χ1v) is 7.12. The van der Waals surface area contributed by atoms with Gasteiger partial charge in [-0.05, 0) is 11.6 Å². The molecular weight excluding hydrogens is 254 g/mol. The molecule has 106 valence electrons. The number of benzene rings is 1. The molecule has 20 heavy (non-hydrogen) atoms. The van der Waals surface area contributed by atoms with Gasteiger partial charge < -0.3 is 10.2 Å². The summed E-state index contributed by atoms with van der Waals surface area (Å²) in [5.74, 6) is -0.0625. The summed E-state index contributed by atoms with van der Waals surface area (Å²) in [7, 11) is 0. The predicted octanol–water partition coefficient (Wildman–Crippen LogP) is 0.745. The van der Waals surface area contributed by atoms with Crippen molar-refractivity contribution in [3.63, 3.8) is 0 Å². The summed E-state index contributed by atoms with van der Waals surface area (Å²) in [5.41, 5.74) is 2.47. The van der Waals surface area contributed by atoms with Gasteiger partial charge in [-0.15, -0.1) is 0 Å². The number of rotatable bonds is 3. The summed E-state index contributed by atoms with van der Waals surface area (Å²) < 4.78 is 0. The zero-order valence-electron chi connectivity index (χ0n) is 11.5. The number of para-hydroxylation sites is 1. The third-order valence-corrected chi connectivity index (χ3v) is 3.95. The van der Waals surface area contributed by atoms with Crippen LogP contribution < -0.4 is 10.2 Å². The summed E-state index contributed by atoms with van der Waals surface area (Å²) in [6.07, 6.45) is 0.744. The monoisotopic (exact) mass is 273 g/mol. The van der Waals surface area contributed by atoms with Gasteiger partial charge in [0, 0.05) is 51.3 Å². The van der Waals surface area contributed by atoms with Gasteiger partial charge in [0.25, 0.3) is 0 Å². The van der Waals surface area contributed by atoms with E-state index in [2.05, 4.69) is 22.3 Å². The van der Waals surface area contributed by atoms with Crippen LogP contribution in [-0.2, 0) is 16.1 Å². The van der Waals surface area contributed by atoms with Crippen molar-refractivity contribution in [2.45, 2.75) is 19.4 Å². The number of imide groups is 1. The van der Waals surface area contributed by atoms with Crippen LogP contribution in [0.4, 0.5) is 5.69 Å². The highest BCUT2D eigenvalue weighted by molar-refractivity contribution is 6.01. The minimum Gasteiger partial charge on any atom is -0.368 e. The van der Waals surface area contributed by atoms with Gasteiger partial charge in [-0.3, -0.25) is 14.5 Å². The Balaban J connectivity index is 1.71. The molecule has 0 saturated carbocycles. The average Bonchev–Trinajstić information content (AvgIpc) is 2.67. The summed E-state index contributed by atoms with van der Waals surface area (Å²) in [5, 5.41) is 3.39. The highest BCUT2D eigenvalue weighted by Gasteiger charge is 2.29. The van der Waals surface area contributed by atoms with Crippen LogP contribution in [0.25, 0.3) is 0 Å². The molecule has 2 amide bonds. The van der Waals surface area contributed by atoms with Crippen molar-refractivity contribution < 1.29 is 9.59 Å². The van der Waals surface area contributed by atoms with Gasteiger partial charge >= 0.3 is 0 Å². The van der Waals surface area contributed by atoms with Crippen molar-refractivity contribution in [3.8, 4) is 0 Å². The van der Waals surface area contributed by atoms with E-state index >= 15 is 0 Å². The van der Waals surface area contributed by atoms with Crippen LogP contribution in [0.5, 0.6) is 0 Å². The molecule has 1 saturated heterocycles. The third kappa shape index (κ3) is 2.54. The van der Waals surface area contributed by atoms with E-state index < -0.39 is 0 Å². The molecule has 0 aromatic heterocycles. The second-order valence-electron chi connectivity index (χ2n) is 5.23. The van der Waals surface area contributed by atoms with Gasteiger partial charge in [0.05, 0.1) is 0 Å². The van der Waals surface area contributed by atoms with Crippen molar-refractivity contribution in [1.29, 1.82) is 0 Å². The molecule has 5 nitrogen and oxygen atoms in total. The number of fused-ring (bicyclic) bond motifs is 1. The van der Waals surface area contributed by atoms with Gasteiger partial charge in [-0.1, -0.05) is 18.2 Å². The Labute approximate surface area is 118 Å². The van der Waals surface area contributed by atoms with Crippen molar-refractivity contribution in [1.82, 2.24) is 10.2 Å². The highest BCUT2D eigenvalue weighted by Crippen LogP contribution is 2.22. The second kappa shape index (κ2) is 5.63. The molecule has 0 radical (unpaired) electrons. The molecule has 0 bridgehead atoms. The van der Waals surface area contributed by atoms with Gasteiger partial charge in [-0.25, -0.2) is 0 Å². The van der Waals surface area contributed by atoms with Crippen molar-refractivity contribution >= 4 is 17.5 Å². The number of hydrogen-bond donors (Lipinski definition) is 1. The lowest BCUT2D eigenvalue weighted by Crippen LogP contribution is -2.39. The number of likely N-dealkylation sites (tertiary alicyclic amines) is 1. The Kier molecular flexibility index (Phi) is 3.69. The van der Waals surface area contributed by atoms with Crippen LogP contribution in [0.3, 0.4) is 0 Å². The maximum Gasteiger partial charge on any atom is 0.229 e. The van der Waals surface area contributed by atoms with E-state index in [1.165, 1.54) is 16.2 Å². The Morgan fingerprint density at radius 3 is 2.60 bits per heavy atom. The van der Waals surface area contributed by atoms with E-state index in [1.807, 2.05) is 12.1 Å². The van der Waals surface area contributed by atoms with Crippen LogP contribution >= 0.6 is 0 Å². The lowest BCUT2D eigenvalue weighted by molar-refractivity contribution is -0.138. The number of nitrogens with zero attached hydrogens (tertiary/aromatic N) is 2. The van der Waals surface area contributed by atoms with E-state index in [4.69, 9.17) is 0 Å².